The molecule has 0 aliphatic heterocycles. The Morgan fingerprint density at radius 2 is 2.06 bits per heavy atom. The Hall–Kier alpha value is -1.92. The van der Waals surface area contributed by atoms with Crippen molar-refractivity contribution in [2.24, 2.45) is 5.92 Å². The zero-order chi connectivity index (χ0) is 13.7. The standard InChI is InChI=1S/C11H18N4O3/c1-6(2)8-13-9(15-14-8)10(16)12-5-4-7(3)11(17)18/h6-7H,4-5H2,1-3H3,(H,12,16)(H,17,18)(H,13,14,15). The fraction of sp³-hybridized carbons (Fsp3) is 0.636. The van der Waals surface area contributed by atoms with Crippen LogP contribution >= 0.6 is 0 Å². The zero-order valence-corrected chi connectivity index (χ0v) is 10.7. The summed E-state index contributed by atoms with van der Waals surface area (Å²) in [6, 6.07) is 0. The Labute approximate surface area is 105 Å². The summed E-state index contributed by atoms with van der Waals surface area (Å²) in [4.78, 5) is 26.3. The number of carbonyl (C=O) groups excluding carboxylic acids is 1. The van der Waals surface area contributed by atoms with Crippen LogP contribution in [0.2, 0.25) is 0 Å². The van der Waals surface area contributed by atoms with Crippen LogP contribution in [0, 0.1) is 5.92 Å². The summed E-state index contributed by atoms with van der Waals surface area (Å²) >= 11 is 0. The van der Waals surface area contributed by atoms with Crippen molar-refractivity contribution in [3.63, 3.8) is 0 Å². The number of H-pyrrole nitrogens is 1. The van der Waals surface area contributed by atoms with Gasteiger partial charge in [0.15, 0.2) is 0 Å². The van der Waals surface area contributed by atoms with Crippen molar-refractivity contribution < 1.29 is 14.7 Å². The molecule has 100 valence electrons. The molecule has 1 aromatic rings. The van der Waals surface area contributed by atoms with E-state index in [-0.39, 0.29) is 18.3 Å². The molecular weight excluding hydrogens is 236 g/mol. The molecule has 0 saturated carbocycles. The number of nitrogens with one attached hydrogen (secondary N) is 2. The molecule has 0 aromatic carbocycles. The number of aliphatic carboxylic acids is 1. The normalized spacial score (nSPS) is 12.4. The van der Waals surface area contributed by atoms with Gasteiger partial charge in [-0.1, -0.05) is 20.8 Å². The number of nitrogens with zero attached hydrogens (tertiary/aromatic N) is 2. The van der Waals surface area contributed by atoms with Gasteiger partial charge in [0.25, 0.3) is 5.91 Å². The van der Waals surface area contributed by atoms with Crippen molar-refractivity contribution in [2.75, 3.05) is 6.54 Å². The van der Waals surface area contributed by atoms with Gasteiger partial charge < -0.3 is 10.4 Å². The van der Waals surface area contributed by atoms with Gasteiger partial charge in [-0.15, -0.1) is 5.10 Å². The monoisotopic (exact) mass is 254 g/mol. The highest BCUT2D eigenvalue weighted by Crippen LogP contribution is 2.07. The molecule has 7 nitrogen and oxygen atoms in total. The maximum Gasteiger partial charge on any atom is 0.306 e. The Bertz CT molecular complexity index is 428. The first-order valence-corrected chi connectivity index (χ1v) is 5.85. The van der Waals surface area contributed by atoms with Gasteiger partial charge in [0.1, 0.15) is 5.82 Å². The number of aromatic amines is 1. The molecule has 7 heteroatoms. The lowest BCUT2D eigenvalue weighted by atomic mass is 10.1. The quantitative estimate of drug-likeness (QED) is 0.694. The van der Waals surface area contributed by atoms with Crippen molar-refractivity contribution in [3.8, 4) is 0 Å². The molecule has 18 heavy (non-hydrogen) atoms. The van der Waals surface area contributed by atoms with Gasteiger partial charge in [-0.2, -0.15) is 0 Å². The summed E-state index contributed by atoms with van der Waals surface area (Å²) < 4.78 is 0. The van der Waals surface area contributed by atoms with Crippen LogP contribution in [0.25, 0.3) is 0 Å². The average molecular weight is 254 g/mol. The molecule has 1 aromatic heterocycles. The highest BCUT2D eigenvalue weighted by molar-refractivity contribution is 5.90. The lowest BCUT2D eigenvalue weighted by Crippen LogP contribution is -2.27. The molecule has 1 atom stereocenters. The fourth-order valence-corrected chi connectivity index (χ4v) is 1.24. The van der Waals surface area contributed by atoms with Crippen molar-refractivity contribution in [1.29, 1.82) is 0 Å². The molecule has 0 radical (unpaired) electrons. The van der Waals surface area contributed by atoms with E-state index in [4.69, 9.17) is 5.11 Å². The number of carbonyl (C=O) groups is 2. The fourth-order valence-electron chi connectivity index (χ4n) is 1.24. The second-order valence-corrected chi connectivity index (χ2v) is 4.48. The lowest BCUT2D eigenvalue weighted by molar-refractivity contribution is -0.141. The van der Waals surface area contributed by atoms with Crippen LogP contribution in [0.15, 0.2) is 0 Å². The average Bonchev–Trinajstić information content (AvgIpc) is 2.77. The number of amides is 1. The number of carboxylic acid groups (broad SMARTS) is 1. The van der Waals surface area contributed by atoms with E-state index in [1.165, 1.54) is 0 Å². The number of aromatic nitrogens is 3. The van der Waals surface area contributed by atoms with E-state index in [9.17, 15) is 9.59 Å². The summed E-state index contributed by atoms with van der Waals surface area (Å²) in [5, 5.41) is 17.8. The van der Waals surface area contributed by atoms with Gasteiger partial charge in [-0.25, -0.2) is 4.98 Å². The van der Waals surface area contributed by atoms with Crippen molar-refractivity contribution in [1.82, 2.24) is 20.5 Å². The Balaban J connectivity index is 2.43. The third-order valence-corrected chi connectivity index (χ3v) is 2.54. The van der Waals surface area contributed by atoms with Gasteiger partial charge in [0, 0.05) is 12.5 Å². The number of hydrogen-bond acceptors (Lipinski definition) is 4. The zero-order valence-electron chi connectivity index (χ0n) is 10.7. The van der Waals surface area contributed by atoms with Crippen LogP contribution in [0.5, 0.6) is 0 Å². The summed E-state index contributed by atoms with van der Waals surface area (Å²) in [6.07, 6.45) is 0.378. The Kier molecular flexibility index (Phi) is 4.82. The molecule has 0 saturated heterocycles. The lowest BCUT2D eigenvalue weighted by Gasteiger charge is -2.06. The van der Waals surface area contributed by atoms with Gasteiger partial charge >= 0.3 is 5.97 Å². The first kappa shape index (κ1) is 14.1. The minimum absolute atomic E-state index is 0.0849. The minimum atomic E-state index is -0.871. The van der Waals surface area contributed by atoms with Crippen molar-refractivity contribution >= 4 is 11.9 Å². The molecule has 1 unspecified atom stereocenters. The predicted octanol–water partition coefficient (Wildman–Crippen LogP) is 0.769. The van der Waals surface area contributed by atoms with Gasteiger partial charge in [0.05, 0.1) is 5.92 Å². The molecule has 0 fully saturated rings. The summed E-state index contributed by atoms with van der Waals surface area (Å²) in [6.45, 7) is 5.77. The molecule has 0 aliphatic carbocycles. The van der Waals surface area contributed by atoms with Crippen molar-refractivity contribution in [2.45, 2.75) is 33.1 Å². The Morgan fingerprint density at radius 1 is 1.39 bits per heavy atom. The third kappa shape index (κ3) is 3.83. The van der Waals surface area contributed by atoms with E-state index in [0.29, 0.717) is 12.2 Å². The maximum atomic E-state index is 11.6. The van der Waals surface area contributed by atoms with E-state index in [1.807, 2.05) is 13.8 Å². The second-order valence-electron chi connectivity index (χ2n) is 4.48. The van der Waals surface area contributed by atoms with Crippen LogP contribution in [-0.2, 0) is 4.79 Å². The summed E-state index contributed by atoms with van der Waals surface area (Å²) in [5.41, 5.74) is 0. The highest BCUT2D eigenvalue weighted by Gasteiger charge is 2.15. The highest BCUT2D eigenvalue weighted by atomic mass is 16.4. The van der Waals surface area contributed by atoms with Gasteiger partial charge in [0.2, 0.25) is 5.82 Å². The minimum Gasteiger partial charge on any atom is -0.481 e. The molecule has 3 N–H and O–H groups in total. The molecule has 1 amide bonds. The van der Waals surface area contributed by atoms with E-state index >= 15 is 0 Å². The predicted molar refractivity (Wildman–Crippen MR) is 64.2 cm³/mol. The second kappa shape index (κ2) is 6.13. The molecule has 1 rings (SSSR count). The first-order valence-electron chi connectivity index (χ1n) is 5.85. The largest absolute Gasteiger partial charge is 0.481 e. The molecule has 0 bridgehead atoms. The van der Waals surface area contributed by atoms with Crippen molar-refractivity contribution in [3.05, 3.63) is 11.6 Å². The number of rotatable bonds is 6. The van der Waals surface area contributed by atoms with Crippen LogP contribution in [0.4, 0.5) is 0 Å². The Morgan fingerprint density at radius 3 is 2.56 bits per heavy atom. The van der Waals surface area contributed by atoms with Gasteiger partial charge in [-0.3, -0.25) is 14.7 Å². The van der Waals surface area contributed by atoms with Crippen LogP contribution in [0.3, 0.4) is 0 Å². The van der Waals surface area contributed by atoms with E-state index in [0.717, 1.165) is 0 Å². The SMILES string of the molecule is CC(CCNC(=O)c1n[nH]c(C(C)C)n1)C(=O)O. The maximum absolute atomic E-state index is 11.6. The van der Waals surface area contributed by atoms with E-state index in [2.05, 4.69) is 20.5 Å². The topological polar surface area (TPSA) is 108 Å². The first-order chi connectivity index (χ1) is 8.41. The number of hydrogen-bond donors (Lipinski definition) is 3. The molecule has 0 aliphatic rings. The third-order valence-electron chi connectivity index (χ3n) is 2.54. The molecule has 1 heterocycles. The van der Waals surface area contributed by atoms with Crippen LogP contribution in [-0.4, -0.2) is 38.7 Å². The summed E-state index contributed by atoms with van der Waals surface area (Å²) in [7, 11) is 0. The molecular formula is C11H18N4O3. The van der Waals surface area contributed by atoms with Crippen LogP contribution < -0.4 is 5.32 Å². The van der Waals surface area contributed by atoms with Gasteiger partial charge in [-0.05, 0) is 6.42 Å². The smallest absolute Gasteiger partial charge is 0.306 e. The summed E-state index contributed by atoms with van der Waals surface area (Å²) in [5.74, 6) is -0.838. The van der Waals surface area contributed by atoms with E-state index < -0.39 is 17.8 Å². The molecule has 0 spiro atoms. The van der Waals surface area contributed by atoms with Crippen LogP contribution in [0.1, 0.15) is 49.6 Å². The number of carboxylic acids is 1. The van der Waals surface area contributed by atoms with E-state index in [1.54, 1.807) is 6.92 Å².